The van der Waals surface area contributed by atoms with Gasteiger partial charge in [0.05, 0.1) is 10.2 Å². The van der Waals surface area contributed by atoms with Crippen molar-refractivity contribution in [3.8, 4) is 11.3 Å². The predicted octanol–water partition coefficient (Wildman–Crippen LogP) is 3.86. The van der Waals surface area contributed by atoms with Crippen molar-refractivity contribution in [1.29, 1.82) is 0 Å². The van der Waals surface area contributed by atoms with Gasteiger partial charge < -0.3 is 0 Å². The summed E-state index contributed by atoms with van der Waals surface area (Å²) in [6.45, 7) is 0. The second kappa shape index (κ2) is 3.93. The lowest BCUT2D eigenvalue weighted by atomic mass is 10.1. The van der Waals surface area contributed by atoms with Gasteiger partial charge in [0.2, 0.25) is 0 Å². The first-order valence-corrected chi connectivity index (χ1v) is 5.16. The summed E-state index contributed by atoms with van der Waals surface area (Å²) in [5, 5.41) is 5.65. The highest BCUT2D eigenvalue weighted by atomic mass is 79.9. The maximum absolute atomic E-state index is 12.5. The van der Waals surface area contributed by atoms with E-state index in [1.54, 1.807) is 30.3 Å². The van der Waals surface area contributed by atoms with Gasteiger partial charge in [0.25, 0.3) is 0 Å². The second-order valence-electron chi connectivity index (χ2n) is 3.12. The van der Waals surface area contributed by atoms with Crippen molar-refractivity contribution >= 4 is 15.9 Å². The molecule has 2 aromatic rings. The minimum Gasteiger partial charge on any atom is -0.276 e. The molecule has 1 N–H and O–H groups in total. The summed E-state index contributed by atoms with van der Waals surface area (Å²) in [4.78, 5) is 0. The van der Waals surface area contributed by atoms with Gasteiger partial charge in [0.1, 0.15) is 0 Å². The molecule has 2 rings (SSSR count). The van der Waals surface area contributed by atoms with Crippen molar-refractivity contribution in [3.05, 3.63) is 40.5 Å². The smallest absolute Gasteiger partial charge is 0.276 e. The van der Waals surface area contributed by atoms with Gasteiger partial charge in [0.15, 0.2) is 5.69 Å². The summed E-state index contributed by atoms with van der Waals surface area (Å²) in [7, 11) is 0. The molecule has 0 saturated carbocycles. The number of H-pyrrole nitrogens is 1. The first kappa shape index (κ1) is 11.2. The van der Waals surface area contributed by atoms with E-state index in [4.69, 9.17) is 0 Å². The number of aromatic amines is 1. The number of halogens is 4. The van der Waals surface area contributed by atoms with Crippen molar-refractivity contribution in [3.63, 3.8) is 0 Å². The molecular formula is C10H6BrF3N2. The Hall–Kier alpha value is -1.30. The Morgan fingerprint density at radius 2 is 1.75 bits per heavy atom. The number of aromatic nitrogens is 2. The Balaban J connectivity index is 2.50. The number of nitrogens with one attached hydrogen (secondary N) is 1. The lowest BCUT2D eigenvalue weighted by molar-refractivity contribution is -0.141. The maximum atomic E-state index is 12.5. The van der Waals surface area contributed by atoms with Crippen molar-refractivity contribution in [2.45, 2.75) is 6.18 Å². The summed E-state index contributed by atoms with van der Waals surface area (Å²) in [5.74, 6) is 0. The van der Waals surface area contributed by atoms with Crippen LogP contribution in [0.3, 0.4) is 0 Å². The highest BCUT2D eigenvalue weighted by Gasteiger charge is 2.37. The van der Waals surface area contributed by atoms with E-state index in [2.05, 4.69) is 26.1 Å². The van der Waals surface area contributed by atoms with Crippen LogP contribution in [0.2, 0.25) is 0 Å². The van der Waals surface area contributed by atoms with Crippen LogP contribution in [0.1, 0.15) is 5.69 Å². The number of rotatable bonds is 1. The zero-order valence-electron chi connectivity index (χ0n) is 7.85. The Bertz CT molecular complexity index is 491. The number of hydrogen-bond acceptors (Lipinski definition) is 1. The molecule has 1 aromatic heterocycles. The molecule has 0 atom stereocenters. The molecule has 0 fully saturated rings. The van der Waals surface area contributed by atoms with Crippen molar-refractivity contribution in [2.75, 3.05) is 0 Å². The highest BCUT2D eigenvalue weighted by Crippen LogP contribution is 2.37. The molecule has 6 heteroatoms. The third-order valence-corrected chi connectivity index (χ3v) is 2.81. The monoisotopic (exact) mass is 290 g/mol. The fourth-order valence-electron chi connectivity index (χ4n) is 1.31. The van der Waals surface area contributed by atoms with Crippen LogP contribution in [-0.4, -0.2) is 10.2 Å². The summed E-state index contributed by atoms with van der Waals surface area (Å²) in [5.41, 5.74) is 0.0386. The summed E-state index contributed by atoms with van der Waals surface area (Å²) in [6, 6.07) is 8.70. The van der Waals surface area contributed by atoms with E-state index in [9.17, 15) is 13.2 Å². The second-order valence-corrected chi connectivity index (χ2v) is 3.92. The van der Waals surface area contributed by atoms with E-state index >= 15 is 0 Å². The van der Waals surface area contributed by atoms with Gasteiger partial charge in [-0.25, -0.2) is 0 Å². The molecule has 0 bridgehead atoms. The van der Waals surface area contributed by atoms with E-state index in [0.29, 0.717) is 11.3 Å². The van der Waals surface area contributed by atoms with E-state index in [1.165, 1.54) is 0 Å². The van der Waals surface area contributed by atoms with Crippen LogP contribution in [-0.2, 0) is 6.18 Å². The third-order valence-electron chi connectivity index (χ3n) is 2.04. The summed E-state index contributed by atoms with van der Waals surface area (Å²) in [6.07, 6.45) is -4.46. The molecule has 0 aliphatic rings. The summed E-state index contributed by atoms with van der Waals surface area (Å²) >= 11 is 2.91. The van der Waals surface area contributed by atoms with Crippen molar-refractivity contribution < 1.29 is 13.2 Å². The van der Waals surface area contributed by atoms with E-state index < -0.39 is 11.9 Å². The Morgan fingerprint density at radius 1 is 1.12 bits per heavy atom. The molecule has 0 saturated heterocycles. The first-order chi connectivity index (χ1) is 7.50. The van der Waals surface area contributed by atoms with E-state index in [-0.39, 0.29) is 4.47 Å². The predicted molar refractivity (Wildman–Crippen MR) is 56.7 cm³/mol. The molecule has 0 aliphatic heterocycles. The van der Waals surface area contributed by atoms with Crippen LogP contribution in [0.5, 0.6) is 0 Å². The molecule has 84 valence electrons. The SMILES string of the molecule is FC(F)(F)c1n[nH]c(-c2ccccc2)c1Br. The van der Waals surface area contributed by atoms with Crippen molar-refractivity contribution in [2.24, 2.45) is 0 Å². The van der Waals surface area contributed by atoms with Crippen LogP contribution >= 0.6 is 15.9 Å². The molecule has 0 unspecified atom stereocenters. The molecule has 1 heterocycles. The number of nitrogens with zero attached hydrogens (tertiary/aromatic N) is 1. The minimum atomic E-state index is -4.46. The Kier molecular flexibility index (Phi) is 2.75. The van der Waals surface area contributed by atoms with Gasteiger partial charge in [0, 0.05) is 5.56 Å². The van der Waals surface area contributed by atoms with E-state index in [1.807, 2.05) is 0 Å². The van der Waals surface area contributed by atoms with Gasteiger partial charge in [-0.15, -0.1) is 0 Å². The van der Waals surface area contributed by atoms with Crippen LogP contribution in [0.15, 0.2) is 34.8 Å². The average Bonchev–Trinajstić information content (AvgIpc) is 2.61. The van der Waals surface area contributed by atoms with Gasteiger partial charge in [-0.1, -0.05) is 30.3 Å². The molecule has 0 radical (unpaired) electrons. The largest absolute Gasteiger partial charge is 0.436 e. The van der Waals surface area contributed by atoms with Gasteiger partial charge in [-0.3, -0.25) is 5.10 Å². The van der Waals surface area contributed by atoms with Gasteiger partial charge >= 0.3 is 6.18 Å². The zero-order valence-corrected chi connectivity index (χ0v) is 9.43. The fourth-order valence-corrected chi connectivity index (χ4v) is 1.94. The highest BCUT2D eigenvalue weighted by molar-refractivity contribution is 9.10. The van der Waals surface area contributed by atoms with Gasteiger partial charge in [-0.2, -0.15) is 18.3 Å². The lowest BCUT2D eigenvalue weighted by Crippen LogP contribution is -2.06. The summed E-state index contributed by atoms with van der Waals surface area (Å²) < 4.78 is 37.3. The normalized spacial score (nSPS) is 11.8. The van der Waals surface area contributed by atoms with Gasteiger partial charge in [-0.05, 0) is 15.9 Å². The fraction of sp³-hybridized carbons (Fsp3) is 0.100. The van der Waals surface area contributed by atoms with E-state index in [0.717, 1.165) is 0 Å². The standard InChI is InChI=1S/C10H6BrF3N2/c11-7-8(6-4-2-1-3-5-6)15-16-9(7)10(12,13)14/h1-5H,(H,15,16). The zero-order chi connectivity index (χ0) is 11.8. The maximum Gasteiger partial charge on any atom is 0.436 e. The first-order valence-electron chi connectivity index (χ1n) is 4.36. The number of alkyl halides is 3. The van der Waals surface area contributed by atoms with Crippen LogP contribution in [0.4, 0.5) is 13.2 Å². The van der Waals surface area contributed by atoms with Crippen LogP contribution < -0.4 is 0 Å². The number of hydrogen-bond donors (Lipinski definition) is 1. The molecule has 16 heavy (non-hydrogen) atoms. The van der Waals surface area contributed by atoms with Crippen LogP contribution in [0, 0.1) is 0 Å². The Morgan fingerprint density at radius 3 is 2.25 bits per heavy atom. The topological polar surface area (TPSA) is 28.7 Å². The molecule has 2 nitrogen and oxygen atoms in total. The number of benzene rings is 1. The lowest BCUT2D eigenvalue weighted by Gasteiger charge is -2.02. The molecule has 0 aliphatic carbocycles. The quantitative estimate of drug-likeness (QED) is 0.849. The molecule has 1 aromatic carbocycles. The minimum absolute atomic E-state index is 0.0637. The van der Waals surface area contributed by atoms with Crippen LogP contribution in [0.25, 0.3) is 11.3 Å². The third kappa shape index (κ3) is 1.97. The van der Waals surface area contributed by atoms with Crippen molar-refractivity contribution in [1.82, 2.24) is 10.2 Å². The average molecular weight is 291 g/mol. The Labute approximate surface area is 97.6 Å². The molecule has 0 spiro atoms. The molecule has 0 amide bonds. The molecular weight excluding hydrogens is 285 g/mol.